The molecule has 1 saturated carbocycles. The van der Waals surface area contributed by atoms with Gasteiger partial charge in [-0.25, -0.2) is 0 Å². The Bertz CT molecular complexity index is 591. The van der Waals surface area contributed by atoms with Gasteiger partial charge in [0.1, 0.15) is 12.0 Å². The molecule has 1 spiro atoms. The predicted octanol–water partition coefficient (Wildman–Crippen LogP) is 2.62. The quantitative estimate of drug-likeness (QED) is 0.788. The molecule has 2 unspecified atom stereocenters. The Morgan fingerprint density at radius 2 is 2.09 bits per heavy atom. The first kappa shape index (κ1) is 14.2. The van der Waals surface area contributed by atoms with Crippen molar-refractivity contribution in [1.29, 1.82) is 0 Å². The number of rotatable bonds is 2. The maximum absolute atomic E-state index is 12.2. The third-order valence-electron chi connectivity index (χ3n) is 5.77. The van der Waals surface area contributed by atoms with Gasteiger partial charge in [0, 0.05) is 12.3 Å². The van der Waals surface area contributed by atoms with Gasteiger partial charge < -0.3 is 19.0 Å². The number of carbonyl (C=O) groups excluding carboxylic acids is 1. The maximum Gasteiger partial charge on any atom is 0.172 e. The summed E-state index contributed by atoms with van der Waals surface area (Å²) in [5.41, 5.74) is 1.91. The molecule has 0 amide bonds. The van der Waals surface area contributed by atoms with Crippen LogP contribution in [-0.2, 0) is 26.1 Å². The number of carbonyl (C=O) groups is 1. The molecule has 1 heterocycles. The van der Waals surface area contributed by atoms with E-state index < -0.39 is 11.2 Å². The maximum atomic E-state index is 12.2. The van der Waals surface area contributed by atoms with Gasteiger partial charge in [-0.2, -0.15) is 0 Å². The lowest BCUT2D eigenvalue weighted by Gasteiger charge is -2.52. The number of aryl methyl sites for hydroxylation is 1. The first-order valence-corrected chi connectivity index (χ1v) is 8.16. The van der Waals surface area contributed by atoms with Gasteiger partial charge in [0.25, 0.3) is 0 Å². The molecule has 1 aliphatic heterocycles. The first-order chi connectivity index (χ1) is 10.7. The minimum Gasteiger partial charge on any atom is -0.497 e. The highest BCUT2D eigenvalue weighted by molar-refractivity contribution is 5.72. The van der Waals surface area contributed by atoms with Gasteiger partial charge in [0.05, 0.1) is 25.7 Å². The van der Waals surface area contributed by atoms with Crippen LogP contribution >= 0.6 is 0 Å². The lowest BCUT2D eigenvalue weighted by atomic mass is 9.55. The Hall–Kier alpha value is -1.39. The summed E-state index contributed by atoms with van der Waals surface area (Å²) in [6.07, 6.45) is 5.78. The van der Waals surface area contributed by atoms with Gasteiger partial charge in [-0.3, -0.25) is 0 Å². The molecule has 0 bridgehead atoms. The van der Waals surface area contributed by atoms with Crippen molar-refractivity contribution in [2.75, 3.05) is 20.3 Å². The molecular weight excluding hydrogens is 280 g/mol. The first-order valence-electron chi connectivity index (χ1n) is 8.16. The van der Waals surface area contributed by atoms with Crippen molar-refractivity contribution in [3.63, 3.8) is 0 Å². The summed E-state index contributed by atoms with van der Waals surface area (Å²) in [6.45, 7) is 1.28. The summed E-state index contributed by atoms with van der Waals surface area (Å²) in [7, 11) is 1.68. The Kier molecular flexibility index (Phi) is 3.27. The van der Waals surface area contributed by atoms with E-state index in [-0.39, 0.29) is 5.92 Å². The van der Waals surface area contributed by atoms with Crippen LogP contribution in [-0.4, -0.2) is 32.4 Å². The lowest BCUT2D eigenvalue weighted by molar-refractivity contribution is -0.231. The van der Waals surface area contributed by atoms with Crippen LogP contribution in [0.25, 0.3) is 0 Å². The van der Waals surface area contributed by atoms with E-state index in [9.17, 15) is 4.79 Å². The minimum absolute atomic E-state index is 0.120. The number of methoxy groups -OCH3 is 1. The second-order valence-electron chi connectivity index (χ2n) is 6.63. The normalized spacial score (nSPS) is 32.3. The molecule has 2 fully saturated rings. The van der Waals surface area contributed by atoms with E-state index >= 15 is 0 Å². The average molecular weight is 302 g/mol. The predicted molar refractivity (Wildman–Crippen MR) is 81.0 cm³/mol. The van der Waals surface area contributed by atoms with Crippen LogP contribution < -0.4 is 4.74 Å². The van der Waals surface area contributed by atoms with Crippen molar-refractivity contribution in [3.8, 4) is 5.75 Å². The van der Waals surface area contributed by atoms with Crippen molar-refractivity contribution in [2.45, 2.75) is 43.3 Å². The number of ether oxygens (including phenoxy) is 3. The highest BCUT2D eigenvalue weighted by Crippen LogP contribution is 2.55. The second kappa shape index (κ2) is 5.07. The molecule has 4 nitrogen and oxygen atoms in total. The van der Waals surface area contributed by atoms with Gasteiger partial charge in [0.15, 0.2) is 5.79 Å². The van der Waals surface area contributed by atoms with Crippen LogP contribution in [0.2, 0.25) is 0 Å². The second-order valence-corrected chi connectivity index (χ2v) is 6.63. The molecule has 0 N–H and O–H groups in total. The van der Waals surface area contributed by atoms with Crippen molar-refractivity contribution in [1.82, 2.24) is 0 Å². The van der Waals surface area contributed by atoms with Crippen LogP contribution in [0.15, 0.2) is 18.2 Å². The van der Waals surface area contributed by atoms with E-state index in [4.69, 9.17) is 14.2 Å². The third-order valence-corrected chi connectivity index (χ3v) is 5.77. The van der Waals surface area contributed by atoms with Crippen molar-refractivity contribution in [3.05, 3.63) is 29.3 Å². The zero-order valence-electron chi connectivity index (χ0n) is 13.0. The molecule has 0 aromatic heterocycles. The number of benzene rings is 1. The molecule has 3 aliphatic rings. The van der Waals surface area contributed by atoms with E-state index in [1.165, 1.54) is 5.56 Å². The standard InChI is InChI=1S/C18H22O4/c1-20-14-4-5-15-13(11-14)3-6-16-17(15,12-19)7-2-8-18(16)21-9-10-22-18/h4-5,11-12,16H,2-3,6-10H2,1H3. The molecule has 4 heteroatoms. The van der Waals surface area contributed by atoms with Crippen LogP contribution in [0.1, 0.15) is 36.8 Å². The van der Waals surface area contributed by atoms with Gasteiger partial charge in [0.2, 0.25) is 0 Å². The van der Waals surface area contributed by atoms with Crippen LogP contribution in [0, 0.1) is 5.92 Å². The summed E-state index contributed by atoms with van der Waals surface area (Å²) in [5.74, 6) is 0.434. The lowest BCUT2D eigenvalue weighted by Crippen LogP contribution is -2.57. The SMILES string of the molecule is COc1ccc2c(c1)CCC1C3(CCCC21C=O)OCCO3. The molecule has 0 radical (unpaired) electrons. The molecule has 22 heavy (non-hydrogen) atoms. The summed E-state index contributed by atoms with van der Waals surface area (Å²) in [4.78, 5) is 12.2. The van der Waals surface area contributed by atoms with Crippen LogP contribution in [0.3, 0.4) is 0 Å². The van der Waals surface area contributed by atoms with Crippen molar-refractivity contribution < 1.29 is 19.0 Å². The molecular formula is C18H22O4. The molecule has 1 aromatic carbocycles. The van der Waals surface area contributed by atoms with E-state index in [1.807, 2.05) is 6.07 Å². The monoisotopic (exact) mass is 302 g/mol. The zero-order chi connectivity index (χ0) is 15.2. The van der Waals surface area contributed by atoms with Crippen molar-refractivity contribution >= 4 is 6.29 Å². The molecule has 2 aliphatic carbocycles. The molecule has 2 atom stereocenters. The van der Waals surface area contributed by atoms with Gasteiger partial charge in [-0.05, 0) is 48.9 Å². The molecule has 1 aromatic rings. The van der Waals surface area contributed by atoms with E-state index in [0.717, 1.165) is 49.7 Å². The van der Waals surface area contributed by atoms with Gasteiger partial charge in [-0.1, -0.05) is 6.07 Å². The third kappa shape index (κ3) is 1.80. The Morgan fingerprint density at radius 3 is 2.82 bits per heavy atom. The van der Waals surface area contributed by atoms with Gasteiger partial charge >= 0.3 is 0 Å². The summed E-state index contributed by atoms with van der Waals surface area (Å²) >= 11 is 0. The molecule has 118 valence electrons. The number of aldehydes is 1. The number of hydrogen-bond acceptors (Lipinski definition) is 4. The molecule has 4 rings (SSSR count). The Balaban J connectivity index is 1.83. The highest BCUT2D eigenvalue weighted by Gasteiger charge is 2.59. The summed E-state index contributed by atoms with van der Waals surface area (Å²) in [5, 5.41) is 0. The molecule has 1 saturated heterocycles. The van der Waals surface area contributed by atoms with Crippen LogP contribution in [0.5, 0.6) is 5.75 Å². The smallest absolute Gasteiger partial charge is 0.172 e. The zero-order valence-corrected chi connectivity index (χ0v) is 13.0. The Morgan fingerprint density at radius 1 is 1.27 bits per heavy atom. The van der Waals surface area contributed by atoms with E-state index in [2.05, 4.69) is 12.1 Å². The van der Waals surface area contributed by atoms with E-state index in [0.29, 0.717) is 13.2 Å². The minimum atomic E-state index is -0.545. The topological polar surface area (TPSA) is 44.8 Å². The average Bonchev–Trinajstić information content (AvgIpc) is 3.03. The highest BCUT2D eigenvalue weighted by atomic mass is 16.7. The fourth-order valence-electron chi connectivity index (χ4n) is 4.85. The van der Waals surface area contributed by atoms with Crippen LogP contribution in [0.4, 0.5) is 0 Å². The van der Waals surface area contributed by atoms with Gasteiger partial charge in [-0.15, -0.1) is 0 Å². The fourth-order valence-corrected chi connectivity index (χ4v) is 4.85. The fraction of sp³-hybridized carbons (Fsp3) is 0.611. The Labute approximate surface area is 130 Å². The largest absolute Gasteiger partial charge is 0.497 e. The summed E-state index contributed by atoms with van der Waals surface area (Å²) < 4.78 is 17.4. The number of hydrogen-bond donors (Lipinski definition) is 0. The van der Waals surface area contributed by atoms with Crippen molar-refractivity contribution in [2.24, 2.45) is 5.92 Å². The van der Waals surface area contributed by atoms with E-state index in [1.54, 1.807) is 7.11 Å². The summed E-state index contributed by atoms with van der Waals surface area (Å²) in [6, 6.07) is 6.11. The number of fused-ring (bicyclic) bond motifs is 4.